The van der Waals surface area contributed by atoms with Gasteiger partial charge in [0.2, 0.25) is 0 Å². The molecule has 0 saturated carbocycles. The minimum Gasteiger partial charge on any atom is -0.497 e. The predicted molar refractivity (Wildman–Crippen MR) is 66.1 cm³/mol. The molecule has 4 nitrogen and oxygen atoms in total. The third-order valence-electron chi connectivity index (χ3n) is 3.05. The summed E-state index contributed by atoms with van der Waals surface area (Å²) in [6, 6.07) is 5.27. The van der Waals surface area contributed by atoms with Crippen LogP contribution in [-0.4, -0.2) is 27.8 Å². The lowest BCUT2D eigenvalue weighted by Gasteiger charge is -2.26. The molecule has 0 radical (unpaired) electrons. The van der Waals surface area contributed by atoms with Gasteiger partial charge in [0, 0.05) is 6.04 Å². The van der Waals surface area contributed by atoms with Crippen LogP contribution in [0.15, 0.2) is 23.1 Å². The van der Waals surface area contributed by atoms with E-state index in [1.807, 2.05) is 13.0 Å². The first kappa shape index (κ1) is 12.4. The highest BCUT2D eigenvalue weighted by molar-refractivity contribution is 7.91. The zero-order valence-electron chi connectivity index (χ0n) is 10.1. The van der Waals surface area contributed by atoms with Gasteiger partial charge < -0.3 is 10.1 Å². The zero-order chi connectivity index (χ0) is 12.5. The van der Waals surface area contributed by atoms with Gasteiger partial charge in [0.05, 0.1) is 17.8 Å². The van der Waals surface area contributed by atoms with Crippen LogP contribution in [-0.2, 0) is 9.84 Å². The third kappa shape index (κ3) is 2.30. The molecular formula is C12H17NO3S. The molecule has 1 aromatic rings. The Labute approximate surface area is 102 Å². The summed E-state index contributed by atoms with van der Waals surface area (Å²) >= 11 is 0. The van der Waals surface area contributed by atoms with Crippen molar-refractivity contribution in [2.75, 3.05) is 19.4 Å². The van der Waals surface area contributed by atoms with Crippen LogP contribution >= 0.6 is 0 Å². The summed E-state index contributed by atoms with van der Waals surface area (Å²) in [6.45, 7) is 2.84. The van der Waals surface area contributed by atoms with Crippen LogP contribution in [0.3, 0.4) is 0 Å². The molecule has 1 aromatic carbocycles. The van der Waals surface area contributed by atoms with Gasteiger partial charge in [-0.1, -0.05) is 6.92 Å². The molecule has 0 spiro atoms. The van der Waals surface area contributed by atoms with Crippen LogP contribution in [0.1, 0.15) is 24.9 Å². The molecule has 1 heterocycles. The summed E-state index contributed by atoms with van der Waals surface area (Å²) in [5.41, 5.74) is 0.831. The second kappa shape index (κ2) is 4.66. The topological polar surface area (TPSA) is 55.4 Å². The Hall–Kier alpha value is -1.07. The lowest BCUT2D eigenvalue weighted by atomic mass is 10.0. The number of sulfone groups is 1. The van der Waals surface area contributed by atoms with E-state index >= 15 is 0 Å². The zero-order valence-corrected chi connectivity index (χ0v) is 10.9. The largest absolute Gasteiger partial charge is 0.497 e. The van der Waals surface area contributed by atoms with Gasteiger partial charge in [-0.25, -0.2) is 8.42 Å². The van der Waals surface area contributed by atoms with Gasteiger partial charge in [-0.05, 0) is 36.7 Å². The summed E-state index contributed by atoms with van der Waals surface area (Å²) < 4.78 is 29.1. The number of ether oxygens (including phenoxy) is 1. The maximum Gasteiger partial charge on any atom is 0.178 e. The van der Waals surface area contributed by atoms with Crippen LogP contribution in [0.5, 0.6) is 5.75 Å². The molecule has 5 heteroatoms. The smallest absolute Gasteiger partial charge is 0.178 e. The number of hydrogen-bond donors (Lipinski definition) is 1. The second-order valence-corrected chi connectivity index (χ2v) is 6.20. The van der Waals surface area contributed by atoms with Crippen molar-refractivity contribution >= 4 is 9.84 Å². The van der Waals surface area contributed by atoms with Gasteiger partial charge >= 0.3 is 0 Å². The standard InChI is InChI=1S/C12H17NO3S/c1-3-13-11-6-7-17(14,15)12-5-4-9(16-2)8-10(11)12/h4-5,8,11,13H,3,6-7H2,1-2H3. The monoisotopic (exact) mass is 255 g/mol. The number of benzene rings is 1. The third-order valence-corrected chi connectivity index (χ3v) is 4.87. The minimum atomic E-state index is -3.11. The molecule has 1 aliphatic heterocycles. The van der Waals surface area contributed by atoms with Crippen molar-refractivity contribution < 1.29 is 13.2 Å². The van der Waals surface area contributed by atoms with Crippen LogP contribution in [0.4, 0.5) is 0 Å². The summed E-state index contributed by atoms with van der Waals surface area (Å²) in [5.74, 6) is 0.910. The predicted octanol–water partition coefficient (Wildman–Crippen LogP) is 1.52. The second-order valence-electron chi connectivity index (χ2n) is 4.12. The maximum atomic E-state index is 12.0. The molecule has 17 heavy (non-hydrogen) atoms. The molecule has 1 aliphatic rings. The highest BCUT2D eigenvalue weighted by Gasteiger charge is 2.30. The van der Waals surface area contributed by atoms with E-state index in [4.69, 9.17) is 4.74 Å². The summed E-state index contributed by atoms with van der Waals surface area (Å²) in [5, 5.41) is 3.31. The molecule has 0 bridgehead atoms. The van der Waals surface area contributed by atoms with Gasteiger partial charge in [-0.15, -0.1) is 0 Å². The van der Waals surface area contributed by atoms with Gasteiger partial charge in [0.15, 0.2) is 9.84 Å². The van der Waals surface area contributed by atoms with E-state index in [1.54, 1.807) is 19.2 Å². The van der Waals surface area contributed by atoms with Crippen molar-refractivity contribution in [3.8, 4) is 5.75 Å². The van der Waals surface area contributed by atoms with E-state index < -0.39 is 9.84 Å². The molecule has 0 saturated heterocycles. The Morgan fingerprint density at radius 1 is 1.47 bits per heavy atom. The number of methoxy groups -OCH3 is 1. The van der Waals surface area contributed by atoms with E-state index in [-0.39, 0.29) is 11.8 Å². The average Bonchev–Trinajstić information content (AvgIpc) is 2.32. The fourth-order valence-corrected chi connectivity index (χ4v) is 3.81. The van der Waals surface area contributed by atoms with E-state index in [9.17, 15) is 8.42 Å². The summed E-state index contributed by atoms with van der Waals surface area (Å²) in [4.78, 5) is 0.440. The maximum absolute atomic E-state index is 12.0. The van der Waals surface area contributed by atoms with Gasteiger partial charge in [0.25, 0.3) is 0 Å². The molecule has 1 N–H and O–H groups in total. The highest BCUT2D eigenvalue weighted by Crippen LogP contribution is 2.34. The first-order chi connectivity index (χ1) is 8.08. The fourth-order valence-electron chi connectivity index (χ4n) is 2.21. The first-order valence-electron chi connectivity index (χ1n) is 5.72. The number of nitrogens with one attached hydrogen (secondary N) is 1. The lowest BCUT2D eigenvalue weighted by Crippen LogP contribution is -2.29. The summed E-state index contributed by atoms with van der Waals surface area (Å²) in [7, 11) is -1.53. The van der Waals surface area contributed by atoms with E-state index in [0.29, 0.717) is 17.1 Å². The lowest BCUT2D eigenvalue weighted by molar-refractivity contribution is 0.411. The van der Waals surface area contributed by atoms with Gasteiger partial charge in [0.1, 0.15) is 5.75 Å². The molecule has 0 aliphatic carbocycles. The molecule has 0 fully saturated rings. The van der Waals surface area contributed by atoms with Crippen molar-refractivity contribution in [2.24, 2.45) is 0 Å². The van der Waals surface area contributed by atoms with Crippen molar-refractivity contribution in [2.45, 2.75) is 24.3 Å². The van der Waals surface area contributed by atoms with Crippen LogP contribution in [0.2, 0.25) is 0 Å². The number of rotatable bonds is 3. The average molecular weight is 255 g/mol. The quantitative estimate of drug-likeness (QED) is 0.889. The van der Waals surface area contributed by atoms with Crippen molar-refractivity contribution in [3.05, 3.63) is 23.8 Å². The SMILES string of the molecule is CCNC1CCS(=O)(=O)c2ccc(OC)cc21. The molecule has 1 atom stereocenters. The Balaban J connectivity index is 2.52. The van der Waals surface area contributed by atoms with Crippen LogP contribution in [0, 0.1) is 0 Å². The van der Waals surface area contributed by atoms with Gasteiger partial charge in [-0.2, -0.15) is 0 Å². The normalized spacial score (nSPS) is 21.9. The van der Waals surface area contributed by atoms with E-state index in [2.05, 4.69) is 5.32 Å². The van der Waals surface area contributed by atoms with Crippen molar-refractivity contribution in [1.29, 1.82) is 0 Å². The molecule has 1 unspecified atom stereocenters. The number of fused-ring (bicyclic) bond motifs is 1. The first-order valence-corrected chi connectivity index (χ1v) is 7.38. The molecule has 2 rings (SSSR count). The van der Waals surface area contributed by atoms with E-state index in [0.717, 1.165) is 12.1 Å². The molecule has 94 valence electrons. The molecular weight excluding hydrogens is 238 g/mol. The summed E-state index contributed by atoms with van der Waals surface area (Å²) in [6.07, 6.45) is 0.621. The number of hydrogen-bond acceptors (Lipinski definition) is 4. The Bertz CT molecular complexity index is 510. The Morgan fingerprint density at radius 3 is 2.88 bits per heavy atom. The Kier molecular flexibility index (Phi) is 3.40. The fraction of sp³-hybridized carbons (Fsp3) is 0.500. The molecule has 0 amide bonds. The van der Waals surface area contributed by atoms with Crippen LogP contribution < -0.4 is 10.1 Å². The molecule has 0 aromatic heterocycles. The van der Waals surface area contributed by atoms with E-state index in [1.165, 1.54) is 0 Å². The van der Waals surface area contributed by atoms with Crippen LogP contribution in [0.25, 0.3) is 0 Å². The van der Waals surface area contributed by atoms with Crippen molar-refractivity contribution in [3.63, 3.8) is 0 Å². The highest BCUT2D eigenvalue weighted by atomic mass is 32.2. The van der Waals surface area contributed by atoms with Crippen molar-refractivity contribution in [1.82, 2.24) is 5.32 Å². The Morgan fingerprint density at radius 2 is 2.24 bits per heavy atom. The minimum absolute atomic E-state index is 0.105. The van der Waals surface area contributed by atoms with Gasteiger partial charge in [-0.3, -0.25) is 0 Å².